The van der Waals surface area contributed by atoms with Crippen molar-refractivity contribution in [3.8, 4) is 6.07 Å². The molecule has 0 aliphatic carbocycles. The molecule has 1 heterocycles. The lowest BCUT2D eigenvalue weighted by molar-refractivity contribution is 1.51. The molecule has 2 nitrogen and oxygen atoms in total. The van der Waals surface area contributed by atoms with E-state index in [9.17, 15) is 0 Å². The van der Waals surface area contributed by atoms with Crippen LogP contribution in [0, 0.1) is 14.9 Å². The molecule has 4 heteroatoms. The Morgan fingerprint density at radius 3 is 2.92 bits per heavy atom. The van der Waals surface area contributed by atoms with Crippen LogP contribution in [0.5, 0.6) is 0 Å². The van der Waals surface area contributed by atoms with Crippen molar-refractivity contribution in [3.63, 3.8) is 0 Å². The topological polar surface area (TPSA) is 49.8 Å². The minimum absolute atomic E-state index is 0.719. The number of nitrogens with zero attached hydrogens (tertiary/aromatic N) is 1. The van der Waals surface area contributed by atoms with E-state index in [1.165, 1.54) is 11.3 Å². The van der Waals surface area contributed by atoms with Gasteiger partial charge in [-0.15, -0.1) is 11.3 Å². The fourth-order valence-corrected chi connectivity index (χ4v) is 3.08. The molecule has 0 amide bonds. The van der Waals surface area contributed by atoms with Crippen molar-refractivity contribution >= 4 is 49.7 Å². The van der Waals surface area contributed by atoms with Gasteiger partial charge >= 0.3 is 0 Å². The second-order valence-electron chi connectivity index (χ2n) is 2.60. The molecule has 0 unspecified atom stereocenters. The lowest BCUT2D eigenvalue weighted by Gasteiger charge is -1.97. The van der Waals surface area contributed by atoms with E-state index in [0.29, 0.717) is 0 Å². The number of thiophene rings is 1. The van der Waals surface area contributed by atoms with Crippen molar-refractivity contribution in [2.24, 2.45) is 0 Å². The van der Waals surface area contributed by atoms with Crippen LogP contribution in [0.3, 0.4) is 0 Å². The van der Waals surface area contributed by atoms with Crippen LogP contribution in [0.15, 0.2) is 17.5 Å². The summed E-state index contributed by atoms with van der Waals surface area (Å²) in [7, 11) is 0. The maximum Gasteiger partial charge on any atom is 0.101 e. The van der Waals surface area contributed by atoms with E-state index < -0.39 is 0 Å². The number of halogens is 1. The summed E-state index contributed by atoms with van der Waals surface area (Å²) >= 11 is 3.75. The first-order valence-electron chi connectivity index (χ1n) is 3.59. The third-order valence-corrected chi connectivity index (χ3v) is 3.75. The van der Waals surface area contributed by atoms with E-state index in [2.05, 4.69) is 28.7 Å². The Labute approximate surface area is 93.1 Å². The van der Waals surface area contributed by atoms with E-state index >= 15 is 0 Å². The van der Waals surface area contributed by atoms with Gasteiger partial charge in [-0.1, -0.05) is 0 Å². The zero-order chi connectivity index (χ0) is 9.42. The van der Waals surface area contributed by atoms with Gasteiger partial charge in [0.1, 0.15) is 6.07 Å². The third-order valence-electron chi connectivity index (χ3n) is 1.82. The first-order chi connectivity index (χ1) is 6.24. The number of benzene rings is 1. The number of fused-ring (bicyclic) bond motifs is 1. The zero-order valence-electron chi connectivity index (χ0n) is 6.54. The van der Waals surface area contributed by atoms with E-state index in [1.54, 1.807) is 0 Å². The van der Waals surface area contributed by atoms with Crippen LogP contribution in [0.1, 0.15) is 5.56 Å². The molecule has 0 fully saturated rings. The summed E-state index contributed by atoms with van der Waals surface area (Å²) < 4.78 is 2.10. The summed E-state index contributed by atoms with van der Waals surface area (Å²) in [6.07, 6.45) is 0. The molecule has 1 aromatic heterocycles. The molecule has 0 radical (unpaired) electrons. The third kappa shape index (κ3) is 1.28. The quantitative estimate of drug-likeness (QED) is 0.600. The van der Waals surface area contributed by atoms with Crippen LogP contribution >= 0.6 is 33.9 Å². The van der Waals surface area contributed by atoms with Crippen molar-refractivity contribution < 1.29 is 0 Å². The minimum atomic E-state index is 0.719. The van der Waals surface area contributed by atoms with Gasteiger partial charge in [-0.3, -0.25) is 0 Å². The highest BCUT2D eigenvalue weighted by molar-refractivity contribution is 14.1. The largest absolute Gasteiger partial charge is 0.398 e. The van der Waals surface area contributed by atoms with Crippen LogP contribution in [-0.2, 0) is 0 Å². The lowest BCUT2D eigenvalue weighted by atomic mass is 10.2. The number of nitrogen functional groups attached to an aromatic ring is 1. The maximum atomic E-state index is 8.85. The van der Waals surface area contributed by atoms with Gasteiger partial charge < -0.3 is 5.73 Å². The van der Waals surface area contributed by atoms with Crippen molar-refractivity contribution in [1.82, 2.24) is 0 Å². The second kappa shape index (κ2) is 3.16. The summed E-state index contributed by atoms with van der Waals surface area (Å²) in [4.78, 5) is 0. The van der Waals surface area contributed by atoms with Crippen LogP contribution in [0.4, 0.5) is 5.69 Å². The Hall–Kier alpha value is -0.800. The molecule has 0 bridgehead atoms. The molecule has 1 aromatic carbocycles. The molecular weight excluding hydrogens is 295 g/mol. The normalized spacial score (nSPS) is 10.2. The molecule has 2 aromatic rings. The zero-order valence-corrected chi connectivity index (χ0v) is 9.52. The van der Waals surface area contributed by atoms with Gasteiger partial charge in [-0.25, -0.2) is 0 Å². The molecule has 0 saturated carbocycles. The Balaban J connectivity index is 2.98. The summed E-state index contributed by atoms with van der Waals surface area (Å²) in [5.41, 5.74) is 7.26. The number of hydrogen-bond acceptors (Lipinski definition) is 3. The average molecular weight is 300 g/mol. The molecule has 0 aliphatic heterocycles. The van der Waals surface area contributed by atoms with Crippen molar-refractivity contribution in [2.45, 2.75) is 0 Å². The van der Waals surface area contributed by atoms with Gasteiger partial charge in [0.05, 0.1) is 10.3 Å². The van der Waals surface area contributed by atoms with Gasteiger partial charge in [0.25, 0.3) is 0 Å². The molecule has 0 saturated heterocycles. The molecule has 64 valence electrons. The van der Waals surface area contributed by atoms with Crippen LogP contribution in [0.25, 0.3) is 10.1 Å². The Kier molecular flexibility index (Phi) is 2.14. The van der Waals surface area contributed by atoms with Gasteiger partial charge in [0, 0.05) is 20.0 Å². The van der Waals surface area contributed by atoms with Crippen LogP contribution in [-0.4, -0.2) is 0 Å². The highest BCUT2D eigenvalue weighted by atomic mass is 127. The maximum absolute atomic E-state index is 8.85. The molecule has 0 atom stereocenters. The highest BCUT2D eigenvalue weighted by Gasteiger charge is 2.08. The number of rotatable bonds is 0. The molecule has 0 aliphatic rings. The fourth-order valence-electron chi connectivity index (χ4n) is 1.21. The fraction of sp³-hybridized carbons (Fsp3) is 0. The number of anilines is 1. The Morgan fingerprint density at radius 2 is 2.23 bits per heavy atom. The van der Waals surface area contributed by atoms with E-state index in [4.69, 9.17) is 11.0 Å². The summed E-state index contributed by atoms with van der Waals surface area (Å²) in [6.45, 7) is 0. The Morgan fingerprint density at radius 1 is 1.46 bits per heavy atom. The van der Waals surface area contributed by atoms with Gasteiger partial charge in [0.2, 0.25) is 0 Å². The standard InChI is InChI=1S/C9H5IN2S/c10-6-1-2-7(12)9-8(6)5(3-11)4-13-9/h1-2,4H,12H2. The molecular formula is C9H5IN2S. The molecule has 0 spiro atoms. The summed E-state index contributed by atoms with van der Waals surface area (Å²) in [6, 6.07) is 5.98. The van der Waals surface area contributed by atoms with E-state index in [1.807, 2.05) is 17.5 Å². The summed E-state index contributed by atoms with van der Waals surface area (Å²) in [5, 5.41) is 11.7. The van der Waals surface area contributed by atoms with Gasteiger partial charge in [-0.2, -0.15) is 5.26 Å². The van der Waals surface area contributed by atoms with Crippen molar-refractivity contribution in [2.75, 3.05) is 5.73 Å². The lowest BCUT2D eigenvalue weighted by Crippen LogP contribution is -1.85. The predicted molar refractivity (Wildman–Crippen MR) is 63.7 cm³/mol. The molecule has 2 N–H and O–H groups in total. The van der Waals surface area contributed by atoms with E-state index in [0.717, 1.165) is 24.9 Å². The first kappa shape index (κ1) is 8.78. The SMILES string of the molecule is N#Cc1csc2c(N)ccc(I)c12. The number of hydrogen-bond donors (Lipinski definition) is 1. The van der Waals surface area contributed by atoms with Crippen LogP contribution < -0.4 is 5.73 Å². The van der Waals surface area contributed by atoms with E-state index in [-0.39, 0.29) is 0 Å². The highest BCUT2D eigenvalue weighted by Crippen LogP contribution is 2.33. The second-order valence-corrected chi connectivity index (χ2v) is 4.64. The van der Waals surface area contributed by atoms with Crippen molar-refractivity contribution in [1.29, 1.82) is 5.26 Å². The van der Waals surface area contributed by atoms with Gasteiger partial charge in [0.15, 0.2) is 0 Å². The average Bonchev–Trinajstić information content (AvgIpc) is 2.56. The smallest absolute Gasteiger partial charge is 0.101 e. The Bertz CT molecular complexity index is 510. The van der Waals surface area contributed by atoms with Gasteiger partial charge in [-0.05, 0) is 34.7 Å². The number of nitriles is 1. The monoisotopic (exact) mass is 300 g/mol. The number of nitrogens with two attached hydrogens (primary N) is 1. The van der Waals surface area contributed by atoms with Crippen molar-refractivity contribution in [3.05, 3.63) is 26.6 Å². The molecule has 13 heavy (non-hydrogen) atoms. The molecule has 2 rings (SSSR count). The summed E-state index contributed by atoms with van der Waals surface area (Å²) in [5.74, 6) is 0. The van der Waals surface area contributed by atoms with Crippen LogP contribution in [0.2, 0.25) is 0 Å². The predicted octanol–water partition coefficient (Wildman–Crippen LogP) is 2.96. The minimum Gasteiger partial charge on any atom is -0.398 e. The first-order valence-corrected chi connectivity index (χ1v) is 5.55.